The van der Waals surface area contributed by atoms with Gasteiger partial charge in [0.15, 0.2) is 0 Å². The molecule has 3 heterocycles. The van der Waals surface area contributed by atoms with Crippen LogP contribution in [0.3, 0.4) is 0 Å². The number of benzene rings is 8. The van der Waals surface area contributed by atoms with Gasteiger partial charge in [-0.3, -0.25) is 0 Å². The summed E-state index contributed by atoms with van der Waals surface area (Å²) in [6.45, 7) is 0. The van der Waals surface area contributed by atoms with E-state index in [2.05, 4.69) is 193 Å². The number of ether oxygens (including phenoxy) is 2. The van der Waals surface area contributed by atoms with Gasteiger partial charge in [0, 0.05) is 38.7 Å². The highest BCUT2D eigenvalue weighted by atomic mass is 16.5. The van der Waals surface area contributed by atoms with Crippen molar-refractivity contribution in [2.45, 2.75) is 5.41 Å². The first-order valence-electron chi connectivity index (χ1n) is 17.8. The molecule has 1 spiro atoms. The molecule has 0 saturated heterocycles. The van der Waals surface area contributed by atoms with E-state index in [4.69, 9.17) is 9.47 Å². The first-order chi connectivity index (χ1) is 25.8. The average Bonchev–Trinajstić information content (AvgIpc) is 3.55. The SMILES string of the molecule is c1ccc(-c2ccc3c(c2)C2(c4ccccc4Oc4ccccc42)c2cc(-c4ccc5c6ccccc6n(-c6ccccc6)c5c4)ccc2O3)cc1. The molecule has 0 amide bonds. The summed E-state index contributed by atoms with van der Waals surface area (Å²) in [5, 5.41) is 2.47. The zero-order chi connectivity index (χ0) is 34.2. The summed E-state index contributed by atoms with van der Waals surface area (Å²) in [5.74, 6) is 3.39. The van der Waals surface area contributed by atoms with Crippen LogP contribution < -0.4 is 9.47 Å². The fraction of sp³-hybridized carbons (Fsp3) is 0.0204. The van der Waals surface area contributed by atoms with Gasteiger partial charge < -0.3 is 14.0 Å². The Morgan fingerprint density at radius 3 is 1.48 bits per heavy atom. The van der Waals surface area contributed by atoms with Gasteiger partial charge in [-0.05, 0) is 82.9 Å². The summed E-state index contributed by atoms with van der Waals surface area (Å²) in [6, 6.07) is 67.1. The van der Waals surface area contributed by atoms with Crippen LogP contribution in [0, 0.1) is 0 Å². The van der Waals surface area contributed by atoms with Crippen LogP contribution in [0.5, 0.6) is 23.0 Å². The highest BCUT2D eigenvalue weighted by Crippen LogP contribution is 2.62. The highest BCUT2D eigenvalue weighted by Gasteiger charge is 2.50. The second-order valence-corrected chi connectivity index (χ2v) is 13.7. The third-order valence-corrected chi connectivity index (χ3v) is 10.9. The quantitative estimate of drug-likeness (QED) is 0.187. The Balaban J connectivity index is 1.19. The predicted molar refractivity (Wildman–Crippen MR) is 210 cm³/mol. The lowest BCUT2D eigenvalue weighted by molar-refractivity contribution is 0.399. The standard InChI is InChI=1S/C49H31NO2/c1-3-13-32(14-4-1)33-24-27-47-41(29-33)49(39-18-8-11-21-45(39)51-46-22-12-9-19-40(46)49)42-30-34(25-28-48(42)52-47)35-23-26-38-37-17-7-10-20-43(37)50(44(38)31-35)36-15-5-2-6-16-36/h1-31H. The maximum Gasteiger partial charge on any atom is 0.132 e. The molecule has 1 aromatic heterocycles. The summed E-state index contributed by atoms with van der Waals surface area (Å²) >= 11 is 0. The molecule has 0 saturated carbocycles. The van der Waals surface area contributed by atoms with Crippen molar-refractivity contribution in [3.8, 4) is 50.9 Å². The molecule has 11 rings (SSSR count). The van der Waals surface area contributed by atoms with Gasteiger partial charge in [0.2, 0.25) is 0 Å². The van der Waals surface area contributed by atoms with Gasteiger partial charge >= 0.3 is 0 Å². The number of rotatable bonds is 3. The fourth-order valence-electron chi connectivity index (χ4n) is 8.66. The van der Waals surface area contributed by atoms with Gasteiger partial charge in [-0.15, -0.1) is 0 Å². The highest BCUT2D eigenvalue weighted by molar-refractivity contribution is 6.10. The molecule has 9 aromatic rings. The maximum atomic E-state index is 6.86. The molecule has 244 valence electrons. The molecular formula is C49H31NO2. The summed E-state index contributed by atoms with van der Waals surface area (Å²) in [5.41, 5.74) is 11.8. The van der Waals surface area contributed by atoms with Gasteiger partial charge in [0.05, 0.1) is 16.4 Å². The van der Waals surface area contributed by atoms with E-state index < -0.39 is 5.41 Å². The van der Waals surface area contributed by atoms with Crippen LogP contribution in [0.4, 0.5) is 0 Å². The minimum absolute atomic E-state index is 0.696. The van der Waals surface area contributed by atoms with Crippen LogP contribution in [0.2, 0.25) is 0 Å². The van der Waals surface area contributed by atoms with Crippen molar-refractivity contribution < 1.29 is 9.47 Å². The normalized spacial score (nSPS) is 13.5. The number of para-hydroxylation sites is 4. The molecular weight excluding hydrogens is 635 g/mol. The van der Waals surface area contributed by atoms with Crippen LogP contribution >= 0.6 is 0 Å². The molecule has 0 atom stereocenters. The second-order valence-electron chi connectivity index (χ2n) is 13.7. The number of aromatic nitrogens is 1. The van der Waals surface area contributed by atoms with Crippen LogP contribution in [0.25, 0.3) is 49.7 Å². The van der Waals surface area contributed by atoms with Crippen LogP contribution in [0.15, 0.2) is 188 Å². The van der Waals surface area contributed by atoms with E-state index in [1.54, 1.807) is 0 Å². The van der Waals surface area contributed by atoms with E-state index >= 15 is 0 Å². The minimum Gasteiger partial charge on any atom is -0.457 e. The largest absolute Gasteiger partial charge is 0.457 e. The van der Waals surface area contributed by atoms with Crippen molar-refractivity contribution in [2.24, 2.45) is 0 Å². The van der Waals surface area contributed by atoms with Crippen molar-refractivity contribution in [3.63, 3.8) is 0 Å². The first kappa shape index (κ1) is 28.9. The van der Waals surface area contributed by atoms with Gasteiger partial charge in [-0.2, -0.15) is 0 Å². The summed E-state index contributed by atoms with van der Waals surface area (Å²) in [4.78, 5) is 0. The third-order valence-electron chi connectivity index (χ3n) is 10.9. The zero-order valence-corrected chi connectivity index (χ0v) is 28.2. The molecule has 0 N–H and O–H groups in total. The summed E-state index contributed by atoms with van der Waals surface area (Å²) in [7, 11) is 0. The van der Waals surface area contributed by atoms with Crippen LogP contribution in [-0.2, 0) is 5.41 Å². The first-order valence-corrected chi connectivity index (χ1v) is 17.8. The Morgan fingerprint density at radius 1 is 0.327 bits per heavy atom. The van der Waals surface area contributed by atoms with Gasteiger partial charge in [-0.25, -0.2) is 0 Å². The van der Waals surface area contributed by atoms with Crippen molar-refractivity contribution in [1.82, 2.24) is 4.57 Å². The van der Waals surface area contributed by atoms with Crippen molar-refractivity contribution in [2.75, 3.05) is 0 Å². The molecule has 3 nitrogen and oxygen atoms in total. The molecule has 8 aromatic carbocycles. The molecule has 2 aliphatic heterocycles. The van der Waals surface area contributed by atoms with Gasteiger partial charge in [0.1, 0.15) is 23.0 Å². The molecule has 2 aliphatic rings. The monoisotopic (exact) mass is 665 g/mol. The van der Waals surface area contributed by atoms with Crippen LogP contribution in [-0.4, -0.2) is 4.57 Å². The topological polar surface area (TPSA) is 23.4 Å². The Labute approximate surface area is 301 Å². The molecule has 52 heavy (non-hydrogen) atoms. The lowest BCUT2D eigenvalue weighted by Gasteiger charge is -2.45. The van der Waals surface area contributed by atoms with E-state index in [9.17, 15) is 0 Å². The molecule has 0 radical (unpaired) electrons. The number of nitrogens with zero attached hydrogens (tertiary/aromatic N) is 1. The van der Waals surface area contributed by atoms with Crippen molar-refractivity contribution in [1.29, 1.82) is 0 Å². The average molecular weight is 666 g/mol. The van der Waals surface area contributed by atoms with E-state index in [-0.39, 0.29) is 0 Å². The van der Waals surface area contributed by atoms with E-state index in [1.807, 2.05) is 0 Å². The summed E-state index contributed by atoms with van der Waals surface area (Å²) in [6.07, 6.45) is 0. The fourth-order valence-corrected chi connectivity index (χ4v) is 8.66. The van der Waals surface area contributed by atoms with E-state index in [1.165, 1.54) is 21.8 Å². The van der Waals surface area contributed by atoms with Crippen molar-refractivity contribution >= 4 is 21.8 Å². The molecule has 0 fully saturated rings. The Hall–Kier alpha value is -6.84. The summed E-state index contributed by atoms with van der Waals surface area (Å²) < 4.78 is 15.9. The molecule has 0 aliphatic carbocycles. The van der Waals surface area contributed by atoms with Crippen molar-refractivity contribution in [3.05, 3.63) is 210 Å². The Bertz CT molecular complexity index is 2810. The number of fused-ring (bicyclic) bond motifs is 11. The molecule has 3 heteroatoms. The number of hydrogen-bond donors (Lipinski definition) is 0. The lowest BCUT2D eigenvalue weighted by Crippen LogP contribution is -2.36. The molecule has 0 bridgehead atoms. The predicted octanol–water partition coefficient (Wildman–Crippen LogP) is 12.7. The van der Waals surface area contributed by atoms with E-state index in [0.29, 0.717) is 0 Å². The zero-order valence-electron chi connectivity index (χ0n) is 28.2. The maximum absolute atomic E-state index is 6.86. The molecule has 0 unspecified atom stereocenters. The van der Waals surface area contributed by atoms with Gasteiger partial charge in [0.25, 0.3) is 0 Å². The third kappa shape index (κ3) is 4.08. The number of hydrogen-bond acceptors (Lipinski definition) is 2. The smallest absolute Gasteiger partial charge is 0.132 e. The van der Waals surface area contributed by atoms with Gasteiger partial charge in [-0.1, -0.05) is 127 Å². The minimum atomic E-state index is -0.696. The second kappa shape index (κ2) is 11.1. The van der Waals surface area contributed by atoms with E-state index in [0.717, 1.165) is 73.2 Å². The lowest BCUT2D eigenvalue weighted by atomic mass is 9.62. The van der Waals surface area contributed by atoms with Crippen LogP contribution in [0.1, 0.15) is 22.3 Å². The Morgan fingerprint density at radius 2 is 0.808 bits per heavy atom. The Kier molecular flexibility index (Phi) is 6.17.